The molecule has 1 saturated heterocycles. The van der Waals surface area contributed by atoms with E-state index in [1.807, 2.05) is 12.1 Å². The number of carbonyl (C=O) groups excluding carboxylic acids is 1. The highest BCUT2D eigenvalue weighted by Gasteiger charge is 2.27. The third-order valence-electron chi connectivity index (χ3n) is 4.90. The lowest BCUT2D eigenvalue weighted by atomic mass is 10.0. The summed E-state index contributed by atoms with van der Waals surface area (Å²) in [6.07, 6.45) is 6.84. The normalized spacial score (nSPS) is 23.6. The van der Waals surface area contributed by atoms with Gasteiger partial charge >= 0.3 is 0 Å². The molecular formula is C18H25ClN2O. The number of hydrogen-bond acceptors (Lipinski definition) is 2. The summed E-state index contributed by atoms with van der Waals surface area (Å²) in [7, 11) is 0. The molecule has 0 aromatic heterocycles. The highest BCUT2D eigenvalue weighted by atomic mass is 35.5. The molecular weight excluding hydrogens is 296 g/mol. The fraction of sp³-hybridized carbons (Fsp3) is 0.611. The maximum Gasteiger partial charge on any atom is 0.223 e. The summed E-state index contributed by atoms with van der Waals surface area (Å²) >= 11 is 5.94. The summed E-state index contributed by atoms with van der Waals surface area (Å²) in [5.41, 5.74) is 1.28. The smallest absolute Gasteiger partial charge is 0.223 e. The zero-order chi connectivity index (χ0) is 15.4. The van der Waals surface area contributed by atoms with Gasteiger partial charge in [-0.2, -0.15) is 0 Å². The van der Waals surface area contributed by atoms with Gasteiger partial charge in [0.05, 0.1) is 0 Å². The lowest BCUT2D eigenvalue weighted by molar-refractivity contribution is -0.125. The van der Waals surface area contributed by atoms with E-state index < -0.39 is 0 Å². The molecule has 1 N–H and O–H groups in total. The molecule has 1 heterocycles. The molecule has 1 atom stereocenters. The van der Waals surface area contributed by atoms with E-state index in [2.05, 4.69) is 22.3 Å². The average molecular weight is 321 g/mol. The summed E-state index contributed by atoms with van der Waals surface area (Å²) < 4.78 is 0. The van der Waals surface area contributed by atoms with Crippen LogP contribution in [-0.4, -0.2) is 29.9 Å². The minimum atomic E-state index is 0.270. The van der Waals surface area contributed by atoms with Crippen LogP contribution in [0, 0.1) is 5.92 Å². The van der Waals surface area contributed by atoms with Crippen LogP contribution >= 0.6 is 11.6 Å². The number of benzene rings is 1. The van der Waals surface area contributed by atoms with E-state index >= 15 is 0 Å². The Morgan fingerprint density at radius 3 is 2.59 bits per heavy atom. The summed E-state index contributed by atoms with van der Waals surface area (Å²) in [4.78, 5) is 14.7. The molecule has 2 aliphatic rings. The molecule has 22 heavy (non-hydrogen) atoms. The van der Waals surface area contributed by atoms with Crippen LogP contribution in [0.4, 0.5) is 0 Å². The molecule has 3 nitrogen and oxygen atoms in total. The molecule has 4 heteroatoms. The van der Waals surface area contributed by atoms with E-state index in [0.29, 0.717) is 6.04 Å². The van der Waals surface area contributed by atoms with Crippen molar-refractivity contribution in [3.05, 3.63) is 34.9 Å². The molecule has 0 spiro atoms. The number of amides is 1. The maximum atomic E-state index is 12.3. The van der Waals surface area contributed by atoms with E-state index in [4.69, 9.17) is 11.6 Å². The quantitative estimate of drug-likeness (QED) is 0.919. The van der Waals surface area contributed by atoms with Crippen molar-refractivity contribution >= 4 is 17.5 Å². The molecule has 1 aromatic rings. The molecule has 2 fully saturated rings. The molecule has 3 rings (SSSR count). The van der Waals surface area contributed by atoms with E-state index in [9.17, 15) is 4.79 Å². The van der Waals surface area contributed by atoms with Crippen LogP contribution in [0.1, 0.15) is 44.1 Å². The van der Waals surface area contributed by atoms with Gasteiger partial charge in [-0.05, 0) is 49.9 Å². The molecule has 120 valence electrons. The molecule has 0 unspecified atom stereocenters. The first-order valence-corrected chi connectivity index (χ1v) is 8.86. The monoisotopic (exact) mass is 320 g/mol. The van der Waals surface area contributed by atoms with Gasteiger partial charge in [0, 0.05) is 30.1 Å². The number of rotatable bonds is 4. The van der Waals surface area contributed by atoms with Gasteiger partial charge < -0.3 is 5.32 Å². The van der Waals surface area contributed by atoms with Crippen molar-refractivity contribution in [3.63, 3.8) is 0 Å². The lowest BCUT2D eigenvalue weighted by Gasteiger charge is -2.33. The summed E-state index contributed by atoms with van der Waals surface area (Å²) in [6, 6.07) is 8.38. The van der Waals surface area contributed by atoms with Crippen molar-refractivity contribution in [1.82, 2.24) is 10.2 Å². The van der Waals surface area contributed by atoms with Crippen LogP contribution in [0.5, 0.6) is 0 Å². The first-order chi connectivity index (χ1) is 10.7. The Hall–Kier alpha value is -1.06. The molecule has 1 aliphatic heterocycles. The second-order valence-corrected chi connectivity index (χ2v) is 7.13. The van der Waals surface area contributed by atoms with Gasteiger partial charge in [-0.25, -0.2) is 0 Å². The topological polar surface area (TPSA) is 32.3 Å². The van der Waals surface area contributed by atoms with E-state index in [1.54, 1.807) is 0 Å². The largest absolute Gasteiger partial charge is 0.352 e. The van der Waals surface area contributed by atoms with Gasteiger partial charge in [-0.1, -0.05) is 36.6 Å². The van der Waals surface area contributed by atoms with Crippen LogP contribution in [0.15, 0.2) is 24.3 Å². The molecule has 1 aliphatic carbocycles. The number of hydrogen-bond donors (Lipinski definition) is 1. The average Bonchev–Trinajstić information content (AvgIpc) is 3.04. The van der Waals surface area contributed by atoms with Gasteiger partial charge in [0.2, 0.25) is 5.91 Å². The number of likely N-dealkylation sites (tertiary alicyclic amines) is 1. The maximum absolute atomic E-state index is 12.3. The second-order valence-electron chi connectivity index (χ2n) is 6.69. The van der Waals surface area contributed by atoms with E-state index in [1.165, 1.54) is 18.4 Å². The second kappa shape index (κ2) is 7.47. The molecule has 0 bridgehead atoms. The standard InChI is InChI=1S/C18H25ClN2O/c19-16-9-7-14(8-10-16)12-21-11-3-6-17(13-21)20-18(22)15-4-1-2-5-15/h7-10,15,17H,1-6,11-13H2,(H,20,22)/t17-/m1/s1. The van der Waals surface area contributed by atoms with Crippen molar-refractivity contribution < 1.29 is 4.79 Å². The minimum absolute atomic E-state index is 0.270. The number of halogens is 1. The minimum Gasteiger partial charge on any atom is -0.352 e. The van der Waals surface area contributed by atoms with Gasteiger partial charge in [-0.3, -0.25) is 9.69 Å². The Bertz CT molecular complexity index is 496. The fourth-order valence-corrected chi connectivity index (χ4v) is 3.80. The first kappa shape index (κ1) is 15.8. The van der Waals surface area contributed by atoms with Crippen LogP contribution in [-0.2, 0) is 11.3 Å². The predicted octanol–water partition coefficient (Wildman–Crippen LogP) is 3.61. The van der Waals surface area contributed by atoms with Crippen LogP contribution in [0.3, 0.4) is 0 Å². The Labute approximate surface area is 138 Å². The zero-order valence-corrected chi connectivity index (χ0v) is 13.8. The molecule has 1 saturated carbocycles. The molecule has 0 radical (unpaired) electrons. The third kappa shape index (κ3) is 4.23. The van der Waals surface area contributed by atoms with Crippen LogP contribution in [0.2, 0.25) is 5.02 Å². The van der Waals surface area contributed by atoms with Gasteiger partial charge in [0.25, 0.3) is 0 Å². The predicted molar refractivity (Wildman–Crippen MR) is 89.9 cm³/mol. The lowest BCUT2D eigenvalue weighted by Crippen LogP contribution is -2.48. The summed E-state index contributed by atoms with van der Waals surface area (Å²) in [6.45, 7) is 3.01. The van der Waals surface area contributed by atoms with Crippen molar-refractivity contribution in [1.29, 1.82) is 0 Å². The Morgan fingerprint density at radius 1 is 1.14 bits per heavy atom. The van der Waals surface area contributed by atoms with Crippen molar-refractivity contribution in [2.75, 3.05) is 13.1 Å². The molecule has 1 aromatic carbocycles. The van der Waals surface area contributed by atoms with E-state index in [-0.39, 0.29) is 11.8 Å². The van der Waals surface area contributed by atoms with Crippen molar-refractivity contribution in [2.45, 2.75) is 51.1 Å². The third-order valence-corrected chi connectivity index (χ3v) is 5.15. The van der Waals surface area contributed by atoms with Crippen molar-refractivity contribution in [3.8, 4) is 0 Å². The highest BCUT2D eigenvalue weighted by molar-refractivity contribution is 6.30. The highest BCUT2D eigenvalue weighted by Crippen LogP contribution is 2.25. The van der Waals surface area contributed by atoms with Gasteiger partial charge in [-0.15, -0.1) is 0 Å². The number of nitrogens with zero attached hydrogens (tertiary/aromatic N) is 1. The summed E-state index contributed by atoms with van der Waals surface area (Å²) in [5, 5.41) is 4.07. The Balaban J connectivity index is 1.50. The van der Waals surface area contributed by atoms with Crippen LogP contribution in [0.25, 0.3) is 0 Å². The Morgan fingerprint density at radius 2 is 1.86 bits per heavy atom. The first-order valence-electron chi connectivity index (χ1n) is 8.48. The van der Waals surface area contributed by atoms with Gasteiger partial charge in [0.1, 0.15) is 0 Å². The SMILES string of the molecule is O=C(N[C@@H]1CCCN(Cc2ccc(Cl)cc2)C1)C1CCCC1. The fourth-order valence-electron chi connectivity index (χ4n) is 3.67. The Kier molecular flexibility index (Phi) is 5.37. The molecule has 1 amide bonds. The van der Waals surface area contributed by atoms with E-state index in [0.717, 1.165) is 50.3 Å². The zero-order valence-electron chi connectivity index (χ0n) is 13.1. The number of nitrogens with one attached hydrogen (secondary N) is 1. The summed E-state index contributed by atoms with van der Waals surface area (Å²) in [5.74, 6) is 0.558. The van der Waals surface area contributed by atoms with Crippen molar-refractivity contribution in [2.24, 2.45) is 5.92 Å². The number of piperidine rings is 1. The number of carbonyl (C=O) groups is 1. The van der Waals surface area contributed by atoms with Crippen LogP contribution < -0.4 is 5.32 Å². The van der Waals surface area contributed by atoms with Gasteiger partial charge in [0.15, 0.2) is 0 Å².